The summed E-state index contributed by atoms with van der Waals surface area (Å²) in [6.07, 6.45) is 7.13. The van der Waals surface area contributed by atoms with Crippen LogP contribution < -0.4 is 4.90 Å². The van der Waals surface area contributed by atoms with Gasteiger partial charge in [-0.15, -0.1) is 0 Å². The molecule has 3 aromatic carbocycles. The van der Waals surface area contributed by atoms with Crippen LogP contribution in [0.2, 0.25) is 0 Å². The van der Waals surface area contributed by atoms with E-state index in [0.29, 0.717) is 12.0 Å². The van der Waals surface area contributed by atoms with Crippen molar-refractivity contribution in [1.29, 1.82) is 0 Å². The first kappa shape index (κ1) is 15.2. The van der Waals surface area contributed by atoms with Gasteiger partial charge in [-0.2, -0.15) is 0 Å². The van der Waals surface area contributed by atoms with Gasteiger partial charge >= 0.3 is 0 Å². The van der Waals surface area contributed by atoms with Crippen LogP contribution in [0.5, 0.6) is 0 Å². The van der Waals surface area contributed by atoms with E-state index in [0.717, 1.165) is 0 Å². The van der Waals surface area contributed by atoms with E-state index in [1.807, 2.05) is 0 Å². The van der Waals surface area contributed by atoms with Gasteiger partial charge < -0.3 is 4.90 Å². The largest absolute Gasteiger partial charge is 0.333 e. The van der Waals surface area contributed by atoms with Crippen LogP contribution in [0.15, 0.2) is 97.1 Å². The zero-order valence-corrected chi connectivity index (χ0v) is 14.8. The summed E-state index contributed by atoms with van der Waals surface area (Å²) in [5, 5.41) is 0. The van der Waals surface area contributed by atoms with Crippen molar-refractivity contribution >= 4 is 16.9 Å². The molecule has 0 saturated heterocycles. The zero-order chi connectivity index (χ0) is 17.5. The van der Waals surface area contributed by atoms with Gasteiger partial charge in [-0.3, -0.25) is 0 Å². The van der Waals surface area contributed by atoms with Gasteiger partial charge in [-0.1, -0.05) is 78.9 Å². The lowest BCUT2D eigenvalue weighted by molar-refractivity contribution is 0.747. The monoisotopic (exact) mass is 335 g/mol. The van der Waals surface area contributed by atoms with E-state index < -0.39 is 0 Å². The molecule has 126 valence electrons. The maximum Gasteiger partial charge on any atom is 0.0635 e. The minimum atomic E-state index is 0.314. The second kappa shape index (κ2) is 6.03. The normalized spacial score (nSPS) is 20.5. The Bertz CT molecular complexity index is 1010. The fourth-order valence-electron chi connectivity index (χ4n) is 4.31. The van der Waals surface area contributed by atoms with Gasteiger partial charge in [0.15, 0.2) is 0 Å². The van der Waals surface area contributed by atoms with Crippen molar-refractivity contribution in [2.24, 2.45) is 0 Å². The number of hydrogen-bond acceptors (Lipinski definition) is 1. The number of benzene rings is 3. The van der Waals surface area contributed by atoms with Crippen LogP contribution >= 0.6 is 0 Å². The predicted molar refractivity (Wildman–Crippen MR) is 110 cm³/mol. The SMILES string of the molecule is Cc1ccccc1C1=CC2C(C=C1)c1ccccc1N2c1ccccc1. The fraction of sp³-hybridized carbons (Fsp3) is 0.120. The maximum atomic E-state index is 2.49. The van der Waals surface area contributed by atoms with Crippen molar-refractivity contribution in [3.63, 3.8) is 0 Å². The topological polar surface area (TPSA) is 3.24 Å². The van der Waals surface area contributed by atoms with Crippen molar-refractivity contribution in [2.45, 2.75) is 18.9 Å². The van der Waals surface area contributed by atoms with Gasteiger partial charge in [0.25, 0.3) is 0 Å². The molecule has 2 unspecified atom stereocenters. The maximum absolute atomic E-state index is 2.49. The number of aryl methyl sites for hydroxylation is 1. The van der Waals surface area contributed by atoms with E-state index >= 15 is 0 Å². The number of allylic oxidation sites excluding steroid dienone is 2. The summed E-state index contributed by atoms with van der Waals surface area (Å²) in [5.74, 6) is 0.402. The summed E-state index contributed by atoms with van der Waals surface area (Å²) in [7, 11) is 0. The molecule has 0 fully saturated rings. The average molecular weight is 335 g/mol. The molecular formula is C25H21N. The van der Waals surface area contributed by atoms with Gasteiger partial charge in [0, 0.05) is 17.3 Å². The molecule has 0 bridgehead atoms. The number of hydrogen-bond donors (Lipinski definition) is 0. The van der Waals surface area contributed by atoms with E-state index in [1.54, 1.807) is 0 Å². The second-order valence-corrected chi connectivity index (χ2v) is 7.08. The highest BCUT2D eigenvalue weighted by Gasteiger charge is 2.38. The Kier molecular flexibility index (Phi) is 3.53. The highest BCUT2D eigenvalue weighted by molar-refractivity contribution is 5.83. The molecule has 0 aromatic heterocycles. The molecule has 1 aliphatic heterocycles. The van der Waals surface area contributed by atoms with Crippen molar-refractivity contribution in [3.05, 3.63) is 114 Å². The molecule has 0 N–H and O–H groups in total. The third-order valence-electron chi connectivity index (χ3n) is 5.55. The minimum Gasteiger partial charge on any atom is -0.333 e. The molecular weight excluding hydrogens is 314 g/mol. The van der Waals surface area contributed by atoms with Gasteiger partial charge in [0.1, 0.15) is 0 Å². The Hall–Kier alpha value is -3.06. The lowest BCUT2D eigenvalue weighted by atomic mass is 9.86. The lowest BCUT2D eigenvalue weighted by Gasteiger charge is -2.30. The Morgan fingerprint density at radius 3 is 2.35 bits per heavy atom. The van der Waals surface area contributed by atoms with Crippen LogP contribution in [0.3, 0.4) is 0 Å². The van der Waals surface area contributed by atoms with Gasteiger partial charge in [0.05, 0.1) is 6.04 Å². The first-order valence-corrected chi connectivity index (χ1v) is 9.22. The number of fused-ring (bicyclic) bond motifs is 3. The number of anilines is 2. The molecule has 0 spiro atoms. The third kappa shape index (κ3) is 2.32. The molecule has 0 amide bonds. The van der Waals surface area contributed by atoms with Crippen molar-refractivity contribution in [3.8, 4) is 0 Å². The Morgan fingerprint density at radius 2 is 1.50 bits per heavy atom. The molecule has 1 aliphatic carbocycles. The fourth-order valence-corrected chi connectivity index (χ4v) is 4.31. The van der Waals surface area contributed by atoms with Crippen LogP contribution in [-0.4, -0.2) is 6.04 Å². The second-order valence-electron chi connectivity index (χ2n) is 7.08. The van der Waals surface area contributed by atoms with Crippen LogP contribution in [0.25, 0.3) is 5.57 Å². The minimum absolute atomic E-state index is 0.314. The number of nitrogens with zero attached hydrogens (tertiary/aromatic N) is 1. The van der Waals surface area contributed by atoms with Crippen LogP contribution in [0, 0.1) is 6.92 Å². The smallest absolute Gasteiger partial charge is 0.0635 e. The Balaban J connectivity index is 1.66. The molecule has 2 atom stereocenters. The van der Waals surface area contributed by atoms with Crippen molar-refractivity contribution < 1.29 is 0 Å². The molecule has 0 saturated carbocycles. The summed E-state index contributed by atoms with van der Waals surface area (Å²) in [4.78, 5) is 2.49. The molecule has 2 aliphatic rings. The lowest BCUT2D eigenvalue weighted by Crippen LogP contribution is -2.29. The van der Waals surface area contributed by atoms with Crippen molar-refractivity contribution in [1.82, 2.24) is 0 Å². The Labute approximate surface area is 154 Å². The zero-order valence-electron chi connectivity index (χ0n) is 14.8. The first-order chi connectivity index (χ1) is 12.8. The van der Waals surface area contributed by atoms with Crippen molar-refractivity contribution in [2.75, 3.05) is 4.90 Å². The summed E-state index contributed by atoms with van der Waals surface area (Å²) < 4.78 is 0. The molecule has 1 nitrogen and oxygen atoms in total. The average Bonchev–Trinajstić information content (AvgIpc) is 3.02. The van der Waals surface area contributed by atoms with Crippen LogP contribution in [0.1, 0.15) is 22.6 Å². The Morgan fingerprint density at radius 1 is 0.769 bits per heavy atom. The van der Waals surface area contributed by atoms with E-state index in [2.05, 4.69) is 109 Å². The summed E-state index contributed by atoms with van der Waals surface area (Å²) in [6, 6.07) is 28.5. The van der Waals surface area contributed by atoms with Crippen LogP contribution in [0.4, 0.5) is 11.4 Å². The highest BCUT2D eigenvalue weighted by atomic mass is 15.2. The molecule has 1 heteroatoms. The van der Waals surface area contributed by atoms with E-state index in [1.165, 1.54) is 33.6 Å². The van der Waals surface area contributed by atoms with E-state index in [-0.39, 0.29) is 0 Å². The number of para-hydroxylation sites is 2. The predicted octanol–water partition coefficient (Wildman–Crippen LogP) is 6.25. The number of rotatable bonds is 2. The summed E-state index contributed by atoms with van der Waals surface area (Å²) in [6.45, 7) is 2.19. The van der Waals surface area contributed by atoms with E-state index in [4.69, 9.17) is 0 Å². The molecule has 1 heterocycles. The standard InChI is InChI=1S/C25H21N/c1-18-9-5-6-12-21(18)19-15-16-23-22-13-7-8-14-24(22)26(25(23)17-19)20-10-3-2-4-11-20/h2-17,23,25H,1H3. The molecule has 5 rings (SSSR count). The molecule has 3 aromatic rings. The van der Waals surface area contributed by atoms with Crippen LogP contribution in [-0.2, 0) is 0 Å². The van der Waals surface area contributed by atoms with Gasteiger partial charge in [-0.05, 0) is 47.4 Å². The van der Waals surface area contributed by atoms with Gasteiger partial charge in [-0.25, -0.2) is 0 Å². The summed E-state index contributed by atoms with van der Waals surface area (Å²) in [5.41, 5.74) is 7.95. The summed E-state index contributed by atoms with van der Waals surface area (Å²) >= 11 is 0. The molecule has 0 radical (unpaired) electrons. The van der Waals surface area contributed by atoms with Gasteiger partial charge in [0.2, 0.25) is 0 Å². The molecule has 26 heavy (non-hydrogen) atoms. The third-order valence-corrected chi connectivity index (χ3v) is 5.55. The quantitative estimate of drug-likeness (QED) is 0.535. The first-order valence-electron chi connectivity index (χ1n) is 9.22. The van der Waals surface area contributed by atoms with E-state index in [9.17, 15) is 0 Å². The highest BCUT2D eigenvalue weighted by Crippen LogP contribution is 2.48.